The van der Waals surface area contributed by atoms with Gasteiger partial charge in [0.25, 0.3) is 0 Å². The van der Waals surface area contributed by atoms with Crippen molar-refractivity contribution in [3.8, 4) is 0 Å². The quantitative estimate of drug-likeness (QED) is 0.570. The summed E-state index contributed by atoms with van der Waals surface area (Å²) < 4.78 is 22.6. The molecule has 2 rings (SSSR count). The molecule has 0 radical (unpaired) electrons. The Kier molecular flexibility index (Phi) is 2.97. The van der Waals surface area contributed by atoms with Crippen LogP contribution in [0.25, 0.3) is 0 Å². The van der Waals surface area contributed by atoms with E-state index in [1.54, 1.807) is 4.90 Å². The maximum absolute atomic E-state index is 11.3. The summed E-state index contributed by atoms with van der Waals surface area (Å²) in [5, 5.41) is 0. The molecule has 6 heteroatoms. The third-order valence-electron chi connectivity index (χ3n) is 3.22. The number of hydrogen-bond donors (Lipinski definition) is 0. The van der Waals surface area contributed by atoms with Gasteiger partial charge in [-0.1, -0.05) is 0 Å². The molecule has 0 aromatic rings. The fourth-order valence-corrected chi connectivity index (χ4v) is 4.03. The number of piperazine rings is 1. The Balaban J connectivity index is 1.89. The minimum atomic E-state index is -2.79. The molecule has 0 aromatic heterocycles. The van der Waals surface area contributed by atoms with Crippen molar-refractivity contribution in [3.63, 3.8) is 0 Å². The van der Waals surface area contributed by atoms with Gasteiger partial charge in [-0.2, -0.15) is 0 Å². The highest BCUT2D eigenvalue weighted by atomic mass is 32.2. The molecule has 2 saturated heterocycles. The van der Waals surface area contributed by atoms with E-state index in [2.05, 4.69) is 4.90 Å². The molecule has 2 heterocycles. The minimum absolute atomic E-state index is 0.184. The Labute approximate surface area is 90.0 Å². The molecule has 0 saturated carbocycles. The molecule has 0 aromatic carbocycles. The largest absolute Gasteiger partial charge is 0.343 e. The van der Waals surface area contributed by atoms with Gasteiger partial charge < -0.3 is 4.90 Å². The Morgan fingerprint density at radius 2 is 1.80 bits per heavy atom. The van der Waals surface area contributed by atoms with Crippen LogP contribution in [0.2, 0.25) is 0 Å². The first-order chi connectivity index (χ1) is 7.11. The van der Waals surface area contributed by atoms with Crippen LogP contribution in [0.5, 0.6) is 0 Å². The van der Waals surface area contributed by atoms with Gasteiger partial charge >= 0.3 is 0 Å². The van der Waals surface area contributed by atoms with Gasteiger partial charge in [0.2, 0.25) is 6.41 Å². The Bertz CT molecular complexity index is 333. The van der Waals surface area contributed by atoms with Crippen LogP contribution in [0.4, 0.5) is 0 Å². The smallest absolute Gasteiger partial charge is 0.209 e. The highest BCUT2D eigenvalue weighted by Crippen LogP contribution is 2.18. The van der Waals surface area contributed by atoms with Crippen LogP contribution in [0.3, 0.4) is 0 Å². The van der Waals surface area contributed by atoms with Crippen molar-refractivity contribution in [1.82, 2.24) is 9.80 Å². The van der Waals surface area contributed by atoms with Gasteiger partial charge in [-0.05, 0) is 6.42 Å². The predicted molar refractivity (Wildman–Crippen MR) is 56.3 cm³/mol. The van der Waals surface area contributed by atoms with E-state index in [1.807, 2.05) is 0 Å². The second kappa shape index (κ2) is 4.09. The van der Waals surface area contributed by atoms with Gasteiger partial charge in [0, 0.05) is 32.2 Å². The van der Waals surface area contributed by atoms with E-state index >= 15 is 0 Å². The summed E-state index contributed by atoms with van der Waals surface area (Å²) in [6.45, 7) is 3.05. The zero-order valence-electron chi connectivity index (χ0n) is 8.63. The fourth-order valence-electron chi connectivity index (χ4n) is 2.27. The van der Waals surface area contributed by atoms with Gasteiger partial charge in [0.1, 0.15) is 0 Å². The monoisotopic (exact) mass is 232 g/mol. The van der Waals surface area contributed by atoms with Crippen molar-refractivity contribution >= 4 is 16.2 Å². The first-order valence-corrected chi connectivity index (χ1v) is 7.07. The Morgan fingerprint density at radius 1 is 1.13 bits per heavy atom. The average molecular weight is 232 g/mol. The molecule has 1 atom stereocenters. The summed E-state index contributed by atoms with van der Waals surface area (Å²) in [6, 6.07) is 0.184. The first kappa shape index (κ1) is 10.9. The van der Waals surface area contributed by atoms with Crippen molar-refractivity contribution in [3.05, 3.63) is 0 Å². The van der Waals surface area contributed by atoms with Crippen LogP contribution in [0.1, 0.15) is 6.42 Å². The number of rotatable bonds is 2. The highest BCUT2D eigenvalue weighted by molar-refractivity contribution is 7.91. The molecule has 2 aliphatic heterocycles. The maximum atomic E-state index is 11.3. The Morgan fingerprint density at radius 3 is 2.27 bits per heavy atom. The lowest BCUT2D eigenvalue weighted by molar-refractivity contribution is -0.119. The van der Waals surface area contributed by atoms with E-state index in [1.165, 1.54) is 0 Å². The molecule has 5 nitrogen and oxygen atoms in total. The van der Waals surface area contributed by atoms with E-state index in [4.69, 9.17) is 0 Å². The zero-order valence-corrected chi connectivity index (χ0v) is 9.45. The standard InChI is InChI=1S/C9H16N2O3S/c12-8-10-2-4-11(5-3-10)9-1-6-15(13,14)7-9/h8-9H,1-7H2. The second-order valence-electron chi connectivity index (χ2n) is 4.23. The van der Waals surface area contributed by atoms with Crippen molar-refractivity contribution < 1.29 is 13.2 Å². The van der Waals surface area contributed by atoms with Gasteiger partial charge in [-0.3, -0.25) is 9.69 Å². The average Bonchev–Trinajstić information content (AvgIpc) is 2.59. The lowest BCUT2D eigenvalue weighted by Crippen LogP contribution is -2.50. The first-order valence-electron chi connectivity index (χ1n) is 5.24. The molecule has 0 bridgehead atoms. The summed E-state index contributed by atoms with van der Waals surface area (Å²) in [7, 11) is -2.79. The van der Waals surface area contributed by atoms with Gasteiger partial charge in [-0.15, -0.1) is 0 Å². The lowest BCUT2D eigenvalue weighted by Gasteiger charge is -2.35. The van der Waals surface area contributed by atoms with Gasteiger partial charge in [-0.25, -0.2) is 8.42 Å². The van der Waals surface area contributed by atoms with Crippen LogP contribution < -0.4 is 0 Å². The van der Waals surface area contributed by atoms with E-state index in [-0.39, 0.29) is 6.04 Å². The van der Waals surface area contributed by atoms with E-state index in [9.17, 15) is 13.2 Å². The van der Waals surface area contributed by atoms with Crippen molar-refractivity contribution in [2.75, 3.05) is 37.7 Å². The van der Waals surface area contributed by atoms with Gasteiger partial charge in [0.15, 0.2) is 9.84 Å². The molecule has 86 valence electrons. The van der Waals surface area contributed by atoms with Crippen LogP contribution in [0, 0.1) is 0 Å². The molecule has 0 spiro atoms. The van der Waals surface area contributed by atoms with E-state index in [0.29, 0.717) is 11.5 Å². The fraction of sp³-hybridized carbons (Fsp3) is 0.889. The molecule has 2 fully saturated rings. The third-order valence-corrected chi connectivity index (χ3v) is 4.97. The zero-order chi connectivity index (χ0) is 10.9. The van der Waals surface area contributed by atoms with E-state index < -0.39 is 9.84 Å². The van der Waals surface area contributed by atoms with Crippen LogP contribution in [-0.2, 0) is 14.6 Å². The third kappa shape index (κ3) is 2.49. The number of sulfone groups is 1. The second-order valence-corrected chi connectivity index (χ2v) is 6.46. The normalized spacial score (nSPS) is 31.7. The Hall–Kier alpha value is -0.620. The van der Waals surface area contributed by atoms with Crippen molar-refractivity contribution in [1.29, 1.82) is 0 Å². The van der Waals surface area contributed by atoms with Crippen molar-refractivity contribution in [2.24, 2.45) is 0 Å². The number of amides is 1. The topological polar surface area (TPSA) is 57.7 Å². The molecular formula is C9H16N2O3S. The number of nitrogens with zero attached hydrogens (tertiary/aromatic N) is 2. The molecule has 1 amide bonds. The van der Waals surface area contributed by atoms with Gasteiger partial charge in [0.05, 0.1) is 11.5 Å². The number of carbonyl (C=O) groups is 1. The van der Waals surface area contributed by atoms with E-state index in [0.717, 1.165) is 39.0 Å². The van der Waals surface area contributed by atoms with Crippen LogP contribution in [-0.4, -0.2) is 68.4 Å². The molecule has 2 aliphatic rings. The predicted octanol–water partition coefficient (Wildman–Crippen LogP) is -1.05. The SMILES string of the molecule is O=CN1CCN(C2CCS(=O)(=O)C2)CC1. The molecule has 0 aliphatic carbocycles. The highest BCUT2D eigenvalue weighted by Gasteiger charge is 2.33. The maximum Gasteiger partial charge on any atom is 0.209 e. The summed E-state index contributed by atoms with van der Waals surface area (Å²) in [4.78, 5) is 14.4. The summed E-state index contributed by atoms with van der Waals surface area (Å²) >= 11 is 0. The molecule has 1 unspecified atom stereocenters. The summed E-state index contributed by atoms with van der Waals surface area (Å²) in [5.74, 6) is 0.625. The molecule has 15 heavy (non-hydrogen) atoms. The lowest BCUT2D eigenvalue weighted by atomic mass is 10.2. The van der Waals surface area contributed by atoms with Crippen LogP contribution >= 0.6 is 0 Å². The van der Waals surface area contributed by atoms with Crippen LogP contribution in [0.15, 0.2) is 0 Å². The summed E-state index contributed by atoms with van der Waals surface area (Å²) in [5.41, 5.74) is 0. The van der Waals surface area contributed by atoms with Crippen molar-refractivity contribution in [2.45, 2.75) is 12.5 Å². The number of carbonyl (C=O) groups excluding carboxylic acids is 1. The number of hydrogen-bond acceptors (Lipinski definition) is 4. The molecule has 0 N–H and O–H groups in total. The molecular weight excluding hydrogens is 216 g/mol. The summed E-state index contributed by atoms with van der Waals surface area (Å²) in [6.07, 6.45) is 1.62. The minimum Gasteiger partial charge on any atom is -0.343 e.